The third-order valence-corrected chi connectivity index (χ3v) is 3.88. The highest BCUT2D eigenvalue weighted by Gasteiger charge is 2.13. The van der Waals surface area contributed by atoms with Gasteiger partial charge < -0.3 is 10.1 Å². The zero-order valence-corrected chi connectivity index (χ0v) is 12.1. The number of methoxy groups -OCH3 is 1. The third-order valence-electron chi connectivity index (χ3n) is 3.00. The van der Waals surface area contributed by atoms with Crippen molar-refractivity contribution in [3.63, 3.8) is 0 Å². The van der Waals surface area contributed by atoms with Crippen molar-refractivity contribution >= 4 is 11.3 Å². The molecule has 1 unspecified atom stereocenters. The van der Waals surface area contributed by atoms with Gasteiger partial charge in [0, 0.05) is 19.8 Å². The van der Waals surface area contributed by atoms with Crippen LogP contribution in [-0.4, -0.2) is 20.3 Å². The monoisotopic (exact) mass is 255 g/mol. The number of aryl methyl sites for hydroxylation is 1. The number of nitrogens with one attached hydrogen (secondary N) is 1. The Labute approximate surface area is 109 Å². The molecule has 2 nitrogen and oxygen atoms in total. The van der Waals surface area contributed by atoms with Gasteiger partial charge in [-0.05, 0) is 61.0 Å². The summed E-state index contributed by atoms with van der Waals surface area (Å²) in [5, 5.41) is 8.19. The summed E-state index contributed by atoms with van der Waals surface area (Å²) in [6.07, 6.45) is 4.78. The van der Waals surface area contributed by atoms with Crippen molar-refractivity contribution in [3.05, 3.63) is 21.9 Å². The van der Waals surface area contributed by atoms with E-state index in [0.717, 1.165) is 19.6 Å². The van der Waals surface area contributed by atoms with Gasteiger partial charge in [0.1, 0.15) is 0 Å². The number of hydrogen-bond donors (Lipinski definition) is 1. The minimum absolute atomic E-state index is 0.526. The molecule has 0 aliphatic heterocycles. The van der Waals surface area contributed by atoms with Gasteiger partial charge in [0.25, 0.3) is 0 Å². The van der Waals surface area contributed by atoms with Gasteiger partial charge >= 0.3 is 0 Å². The van der Waals surface area contributed by atoms with E-state index in [1.807, 2.05) is 11.3 Å². The van der Waals surface area contributed by atoms with Crippen LogP contribution < -0.4 is 5.32 Å². The molecule has 0 saturated carbocycles. The standard InChI is InChI=1S/C14H25NOS/c1-4-8-15-14(7-5-6-9-16-3)13-11-17-10-12(13)2/h10-11,14-15H,4-9H2,1-3H3. The first-order valence-corrected chi connectivity index (χ1v) is 7.48. The van der Waals surface area contributed by atoms with Crippen LogP contribution in [0.3, 0.4) is 0 Å². The Morgan fingerprint density at radius 3 is 2.76 bits per heavy atom. The largest absolute Gasteiger partial charge is 0.385 e. The molecule has 1 heterocycles. The van der Waals surface area contributed by atoms with Crippen molar-refractivity contribution < 1.29 is 4.74 Å². The van der Waals surface area contributed by atoms with Crippen molar-refractivity contribution in [1.29, 1.82) is 0 Å². The molecule has 0 aromatic carbocycles. The highest BCUT2D eigenvalue weighted by Crippen LogP contribution is 2.25. The van der Waals surface area contributed by atoms with Crippen LogP contribution in [0.2, 0.25) is 0 Å². The molecule has 1 rings (SSSR count). The highest BCUT2D eigenvalue weighted by atomic mass is 32.1. The maximum Gasteiger partial charge on any atom is 0.0462 e. The molecule has 1 N–H and O–H groups in total. The Kier molecular flexibility index (Phi) is 7.49. The van der Waals surface area contributed by atoms with E-state index < -0.39 is 0 Å². The first kappa shape index (κ1) is 14.7. The van der Waals surface area contributed by atoms with Gasteiger partial charge in [0.15, 0.2) is 0 Å². The second kappa shape index (κ2) is 8.67. The molecule has 0 radical (unpaired) electrons. The molecule has 0 saturated heterocycles. The predicted octanol–water partition coefficient (Wildman–Crippen LogP) is 3.91. The second-order valence-electron chi connectivity index (χ2n) is 4.51. The lowest BCUT2D eigenvalue weighted by Gasteiger charge is -2.18. The van der Waals surface area contributed by atoms with Crippen LogP contribution >= 0.6 is 11.3 Å². The summed E-state index contributed by atoms with van der Waals surface area (Å²) in [6.45, 7) is 6.41. The summed E-state index contributed by atoms with van der Waals surface area (Å²) in [7, 11) is 1.77. The van der Waals surface area contributed by atoms with Crippen LogP contribution in [-0.2, 0) is 4.74 Å². The van der Waals surface area contributed by atoms with Gasteiger partial charge in [-0.25, -0.2) is 0 Å². The lowest BCUT2D eigenvalue weighted by atomic mass is 10.0. The Morgan fingerprint density at radius 1 is 1.35 bits per heavy atom. The quantitative estimate of drug-likeness (QED) is 0.675. The van der Waals surface area contributed by atoms with Gasteiger partial charge in [-0.3, -0.25) is 0 Å². The minimum atomic E-state index is 0.526. The van der Waals surface area contributed by atoms with Gasteiger partial charge in [0.2, 0.25) is 0 Å². The van der Waals surface area contributed by atoms with Crippen LogP contribution in [0.15, 0.2) is 10.8 Å². The average molecular weight is 255 g/mol. The highest BCUT2D eigenvalue weighted by molar-refractivity contribution is 7.08. The molecule has 1 aromatic rings. The zero-order chi connectivity index (χ0) is 12.5. The molecule has 0 fully saturated rings. The van der Waals surface area contributed by atoms with E-state index in [0.29, 0.717) is 6.04 Å². The summed E-state index contributed by atoms with van der Waals surface area (Å²) in [6, 6.07) is 0.526. The summed E-state index contributed by atoms with van der Waals surface area (Å²) in [5.74, 6) is 0. The molecule has 0 spiro atoms. The normalized spacial score (nSPS) is 12.9. The van der Waals surface area contributed by atoms with Crippen molar-refractivity contribution in [2.75, 3.05) is 20.3 Å². The van der Waals surface area contributed by atoms with E-state index in [4.69, 9.17) is 4.74 Å². The third kappa shape index (κ3) is 5.19. The van der Waals surface area contributed by atoms with Crippen LogP contribution in [0.25, 0.3) is 0 Å². The van der Waals surface area contributed by atoms with Crippen LogP contribution in [0.1, 0.15) is 49.8 Å². The second-order valence-corrected chi connectivity index (χ2v) is 5.25. The Balaban J connectivity index is 2.46. The molecule has 1 aromatic heterocycles. The number of ether oxygens (including phenoxy) is 1. The fraction of sp³-hybridized carbons (Fsp3) is 0.714. The van der Waals surface area contributed by atoms with Crippen molar-refractivity contribution in [1.82, 2.24) is 5.32 Å². The van der Waals surface area contributed by atoms with Crippen molar-refractivity contribution in [2.24, 2.45) is 0 Å². The van der Waals surface area contributed by atoms with E-state index in [-0.39, 0.29) is 0 Å². The number of hydrogen-bond acceptors (Lipinski definition) is 3. The molecule has 98 valence electrons. The first-order valence-electron chi connectivity index (χ1n) is 6.54. The van der Waals surface area contributed by atoms with Gasteiger partial charge in [-0.2, -0.15) is 11.3 Å². The molecular weight excluding hydrogens is 230 g/mol. The molecule has 0 bridgehead atoms. The summed E-state index contributed by atoms with van der Waals surface area (Å²) >= 11 is 1.81. The molecule has 17 heavy (non-hydrogen) atoms. The van der Waals surface area contributed by atoms with Crippen LogP contribution in [0.5, 0.6) is 0 Å². The summed E-state index contributed by atoms with van der Waals surface area (Å²) < 4.78 is 5.10. The van der Waals surface area contributed by atoms with E-state index in [2.05, 4.69) is 29.9 Å². The van der Waals surface area contributed by atoms with Crippen LogP contribution in [0.4, 0.5) is 0 Å². The fourth-order valence-corrected chi connectivity index (χ4v) is 2.91. The smallest absolute Gasteiger partial charge is 0.0462 e. The molecular formula is C14H25NOS. The number of thiophene rings is 1. The summed E-state index contributed by atoms with van der Waals surface area (Å²) in [5.41, 5.74) is 2.91. The zero-order valence-electron chi connectivity index (χ0n) is 11.3. The van der Waals surface area contributed by atoms with E-state index in [1.165, 1.54) is 30.4 Å². The van der Waals surface area contributed by atoms with E-state index in [1.54, 1.807) is 7.11 Å². The Morgan fingerprint density at radius 2 is 2.18 bits per heavy atom. The molecule has 3 heteroatoms. The lowest BCUT2D eigenvalue weighted by molar-refractivity contribution is 0.191. The van der Waals surface area contributed by atoms with E-state index in [9.17, 15) is 0 Å². The van der Waals surface area contributed by atoms with Gasteiger partial charge in [-0.1, -0.05) is 6.92 Å². The minimum Gasteiger partial charge on any atom is -0.385 e. The lowest BCUT2D eigenvalue weighted by Crippen LogP contribution is -2.22. The summed E-state index contributed by atoms with van der Waals surface area (Å²) in [4.78, 5) is 0. The van der Waals surface area contributed by atoms with Gasteiger partial charge in [0.05, 0.1) is 0 Å². The van der Waals surface area contributed by atoms with Crippen molar-refractivity contribution in [2.45, 2.75) is 45.6 Å². The first-order chi connectivity index (χ1) is 8.29. The topological polar surface area (TPSA) is 21.3 Å². The fourth-order valence-electron chi connectivity index (χ4n) is 2.01. The predicted molar refractivity (Wildman–Crippen MR) is 75.8 cm³/mol. The SMILES string of the molecule is CCCNC(CCCCOC)c1cscc1C. The molecule has 0 aliphatic carbocycles. The Hall–Kier alpha value is -0.380. The molecule has 1 atom stereocenters. The maximum atomic E-state index is 5.10. The van der Waals surface area contributed by atoms with Crippen molar-refractivity contribution in [3.8, 4) is 0 Å². The van der Waals surface area contributed by atoms with Gasteiger partial charge in [-0.15, -0.1) is 0 Å². The molecule has 0 aliphatic rings. The van der Waals surface area contributed by atoms with Crippen LogP contribution in [0, 0.1) is 6.92 Å². The molecule has 0 amide bonds. The average Bonchev–Trinajstić information content (AvgIpc) is 2.75. The van der Waals surface area contributed by atoms with E-state index >= 15 is 0 Å². The number of rotatable bonds is 9. The maximum absolute atomic E-state index is 5.10. The Bertz CT molecular complexity index is 298. The number of unbranched alkanes of at least 4 members (excludes halogenated alkanes) is 1.